The number of aromatic nitrogens is 2. The molecule has 2 N–H and O–H groups in total. The lowest BCUT2D eigenvalue weighted by Gasteiger charge is -2.12. The highest BCUT2D eigenvalue weighted by atomic mass is 19.1. The van der Waals surface area contributed by atoms with Crippen LogP contribution in [-0.2, 0) is 13.0 Å². The Morgan fingerprint density at radius 3 is 2.44 bits per heavy atom. The largest absolute Gasteiger partial charge is 0.365 e. The van der Waals surface area contributed by atoms with Gasteiger partial charge in [-0.2, -0.15) is 4.39 Å². The number of halogens is 1. The lowest BCUT2D eigenvalue weighted by Crippen LogP contribution is -2.16. The molecule has 6 heteroatoms. The Bertz CT molecular complexity index is 898. The van der Waals surface area contributed by atoms with Gasteiger partial charge in [0.05, 0.1) is 5.56 Å². The molecular formula is C21H21FN4O. The fourth-order valence-corrected chi connectivity index (χ4v) is 2.68. The summed E-state index contributed by atoms with van der Waals surface area (Å²) in [6.07, 6.45) is 5.41. The first kappa shape index (κ1) is 18.5. The first-order valence-corrected chi connectivity index (χ1v) is 8.85. The summed E-state index contributed by atoms with van der Waals surface area (Å²) in [6.45, 7) is 2.53. The molecule has 0 radical (unpaired) electrons. The number of carbonyl (C=O) groups excluding carboxylic acids is 1. The van der Waals surface area contributed by atoms with Gasteiger partial charge in [-0.1, -0.05) is 25.5 Å². The normalized spacial score (nSPS) is 10.4. The average Bonchev–Trinajstić information content (AvgIpc) is 2.69. The molecule has 2 aromatic heterocycles. The van der Waals surface area contributed by atoms with E-state index in [0.717, 1.165) is 18.4 Å². The molecule has 3 rings (SSSR count). The minimum Gasteiger partial charge on any atom is -0.365 e. The van der Waals surface area contributed by atoms with Gasteiger partial charge in [0.25, 0.3) is 5.91 Å². The highest BCUT2D eigenvalue weighted by Gasteiger charge is 2.14. The van der Waals surface area contributed by atoms with Gasteiger partial charge in [-0.15, -0.1) is 0 Å². The molecule has 0 aliphatic rings. The van der Waals surface area contributed by atoms with Crippen LogP contribution in [0.2, 0.25) is 0 Å². The first-order valence-electron chi connectivity index (χ1n) is 8.85. The lowest BCUT2D eigenvalue weighted by atomic mass is 10.1. The molecule has 0 fully saturated rings. The quantitative estimate of drug-likeness (QED) is 0.609. The number of carbonyl (C=O) groups is 1. The third-order valence-electron chi connectivity index (χ3n) is 4.07. The minimum absolute atomic E-state index is 0.201. The third kappa shape index (κ3) is 5.10. The maximum Gasteiger partial charge on any atom is 0.259 e. The molecule has 5 nitrogen and oxygen atoms in total. The highest BCUT2D eigenvalue weighted by Crippen LogP contribution is 2.18. The summed E-state index contributed by atoms with van der Waals surface area (Å²) in [7, 11) is 0. The monoisotopic (exact) mass is 364 g/mol. The van der Waals surface area contributed by atoms with E-state index in [-0.39, 0.29) is 17.3 Å². The lowest BCUT2D eigenvalue weighted by molar-refractivity contribution is 0.102. The van der Waals surface area contributed by atoms with Gasteiger partial charge >= 0.3 is 0 Å². The molecule has 138 valence electrons. The molecule has 0 unspecified atom stereocenters. The van der Waals surface area contributed by atoms with E-state index in [0.29, 0.717) is 12.2 Å². The fraction of sp³-hybridized carbons (Fsp3) is 0.190. The molecule has 0 bridgehead atoms. The molecule has 0 atom stereocenters. The minimum atomic E-state index is -0.646. The van der Waals surface area contributed by atoms with E-state index >= 15 is 0 Å². The van der Waals surface area contributed by atoms with E-state index in [2.05, 4.69) is 27.5 Å². The number of nitrogens with zero attached hydrogens (tertiary/aromatic N) is 2. The SMILES string of the molecule is CCCc1ccc(NC(=O)c2ccc(F)nc2NCc2ccncc2)cc1. The van der Waals surface area contributed by atoms with Crippen molar-refractivity contribution >= 4 is 17.4 Å². The van der Waals surface area contributed by atoms with Crippen molar-refractivity contribution in [2.45, 2.75) is 26.3 Å². The Balaban J connectivity index is 1.73. The molecule has 0 saturated heterocycles. The van der Waals surface area contributed by atoms with Gasteiger partial charge in [-0.05, 0) is 53.9 Å². The van der Waals surface area contributed by atoms with E-state index in [1.807, 2.05) is 36.4 Å². The molecule has 0 aliphatic carbocycles. The van der Waals surface area contributed by atoms with Crippen molar-refractivity contribution in [1.29, 1.82) is 0 Å². The van der Waals surface area contributed by atoms with Crippen LogP contribution in [0.15, 0.2) is 60.9 Å². The average molecular weight is 364 g/mol. The van der Waals surface area contributed by atoms with Crippen LogP contribution in [0, 0.1) is 5.95 Å². The number of anilines is 2. The van der Waals surface area contributed by atoms with Crippen molar-refractivity contribution in [2.24, 2.45) is 0 Å². The smallest absolute Gasteiger partial charge is 0.259 e. The fourth-order valence-electron chi connectivity index (χ4n) is 2.68. The van der Waals surface area contributed by atoms with E-state index in [1.54, 1.807) is 12.4 Å². The summed E-state index contributed by atoms with van der Waals surface area (Å²) < 4.78 is 13.6. The second-order valence-corrected chi connectivity index (χ2v) is 6.14. The molecular weight excluding hydrogens is 343 g/mol. The molecule has 0 saturated carbocycles. The summed E-state index contributed by atoms with van der Waals surface area (Å²) >= 11 is 0. The van der Waals surface area contributed by atoms with Crippen molar-refractivity contribution in [1.82, 2.24) is 9.97 Å². The van der Waals surface area contributed by atoms with E-state index < -0.39 is 5.95 Å². The molecule has 0 spiro atoms. The van der Waals surface area contributed by atoms with E-state index in [1.165, 1.54) is 17.7 Å². The molecule has 1 amide bonds. The Morgan fingerprint density at radius 2 is 1.74 bits per heavy atom. The van der Waals surface area contributed by atoms with Crippen LogP contribution >= 0.6 is 0 Å². The number of rotatable bonds is 7. The molecule has 27 heavy (non-hydrogen) atoms. The van der Waals surface area contributed by atoms with Crippen molar-refractivity contribution in [3.8, 4) is 0 Å². The predicted octanol–water partition coefficient (Wildman–Crippen LogP) is 4.43. The van der Waals surface area contributed by atoms with Gasteiger partial charge in [0.15, 0.2) is 0 Å². The van der Waals surface area contributed by atoms with Crippen LogP contribution in [0.3, 0.4) is 0 Å². The second kappa shape index (κ2) is 8.89. The summed E-state index contributed by atoms with van der Waals surface area (Å²) in [5.74, 6) is -0.789. The first-order chi connectivity index (χ1) is 13.2. The Labute approximate surface area is 157 Å². The zero-order valence-electron chi connectivity index (χ0n) is 15.1. The Hall–Kier alpha value is -3.28. The van der Waals surface area contributed by atoms with Gasteiger partial charge in [-0.3, -0.25) is 9.78 Å². The van der Waals surface area contributed by atoms with Crippen molar-refractivity contribution in [2.75, 3.05) is 10.6 Å². The number of aryl methyl sites for hydroxylation is 1. The molecule has 0 aliphatic heterocycles. The number of pyridine rings is 2. The van der Waals surface area contributed by atoms with Gasteiger partial charge in [-0.25, -0.2) is 4.98 Å². The standard InChI is InChI=1S/C21H21FN4O/c1-2-3-15-4-6-17(7-5-15)25-21(27)18-8-9-19(22)26-20(18)24-14-16-10-12-23-13-11-16/h4-13H,2-3,14H2,1H3,(H,24,26)(H,25,27). The number of amides is 1. The zero-order chi connectivity index (χ0) is 19.1. The second-order valence-electron chi connectivity index (χ2n) is 6.14. The van der Waals surface area contributed by atoms with Crippen LogP contribution in [0.5, 0.6) is 0 Å². The summed E-state index contributed by atoms with van der Waals surface area (Å²) in [4.78, 5) is 20.4. The van der Waals surface area contributed by atoms with Crippen molar-refractivity contribution < 1.29 is 9.18 Å². The summed E-state index contributed by atoms with van der Waals surface area (Å²) in [5, 5.41) is 5.86. The predicted molar refractivity (Wildman–Crippen MR) is 104 cm³/mol. The van der Waals surface area contributed by atoms with Crippen molar-refractivity contribution in [3.05, 3.63) is 83.6 Å². The molecule has 3 aromatic rings. The number of nitrogens with one attached hydrogen (secondary N) is 2. The number of benzene rings is 1. The molecule has 1 aromatic carbocycles. The highest BCUT2D eigenvalue weighted by molar-refractivity contribution is 6.07. The summed E-state index contributed by atoms with van der Waals surface area (Å²) in [5.41, 5.74) is 3.14. The number of hydrogen-bond donors (Lipinski definition) is 2. The van der Waals surface area contributed by atoms with Crippen LogP contribution in [0.4, 0.5) is 15.9 Å². The van der Waals surface area contributed by atoms with Crippen molar-refractivity contribution in [3.63, 3.8) is 0 Å². The van der Waals surface area contributed by atoms with Crippen LogP contribution in [0.1, 0.15) is 34.8 Å². The zero-order valence-corrected chi connectivity index (χ0v) is 15.1. The van der Waals surface area contributed by atoms with Gasteiger partial charge in [0.2, 0.25) is 5.95 Å². The van der Waals surface area contributed by atoms with E-state index in [9.17, 15) is 9.18 Å². The maximum atomic E-state index is 13.6. The topological polar surface area (TPSA) is 66.9 Å². The summed E-state index contributed by atoms with van der Waals surface area (Å²) in [6, 6.07) is 14.0. The Morgan fingerprint density at radius 1 is 1.00 bits per heavy atom. The van der Waals surface area contributed by atoms with Gasteiger partial charge in [0, 0.05) is 24.6 Å². The third-order valence-corrected chi connectivity index (χ3v) is 4.07. The van der Waals surface area contributed by atoms with E-state index in [4.69, 9.17) is 0 Å². The maximum absolute atomic E-state index is 13.6. The van der Waals surface area contributed by atoms with Crippen LogP contribution in [0.25, 0.3) is 0 Å². The number of hydrogen-bond acceptors (Lipinski definition) is 4. The Kier molecular flexibility index (Phi) is 6.10. The van der Waals surface area contributed by atoms with Crippen LogP contribution in [-0.4, -0.2) is 15.9 Å². The molecule has 2 heterocycles. The van der Waals surface area contributed by atoms with Gasteiger partial charge in [0.1, 0.15) is 5.82 Å². The van der Waals surface area contributed by atoms with Gasteiger partial charge < -0.3 is 10.6 Å². The van der Waals surface area contributed by atoms with Crippen LogP contribution < -0.4 is 10.6 Å².